The van der Waals surface area contributed by atoms with Crippen LogP contribution in [0.5, 0.6) is 0 Å². The summed E-state index contributed by atoms with van der Waals surface area (Å²) in [5.74, 6) is 0.145. The van der Waals surface area contributed by atoms with Gasteiger partial charge >= 0.3 is 0 Å². The standard InChI is InChI=1S/C17H29N3O4S.ClH/c1-12(2)10-17(4,11-18)19-16(21)14-9-15(13(3)24-14)25(22,23)20-7-5-6-8-20;/h9,12H,5-8,10-11,18H2,1-4H3,(H,19,21);1H. The molecule has 0 spiro atoms. The van der Waals surface area contributed by atoms with Gasteiger partial charge in [-0.25, -0.2) is 8.42 Å². The van der Waals surface area contributed by atoms with E-state index in [1.54, 1.807) is 6.92 Å². The zero-order chi connectivity index (χ0) is 18.8. The Balaban J connectivity index is 0.00000338. The molecule has 0 bridgehead atoms. The van der Waals surface area contributed by atoms with Crippen LogP contribution in [0.4, 0.5) is 0 Å². The van der Waals surface area contributed by atoms with Crippen LogP contribution in [-0.4, -0.2) is 43.8 Å². The predicted octanol–water partition coefficient (Wildman–Crippen LogP) is 2.29. The maximum Gasteiger partial charge on any atom is 0.287 e. The number of carbonyl (C=O) groups excluding carboxylic acids is 1. The van der Waals surface area contributed by atoms with Crippen molar-refractivity contribution in [2.45, 2.75) is 57.4 Å². The molecule has 3 N–H and O–H groups in total. The van der Waals surface area contributed by atoms with Crippen LogP contribution in [0.3, 0.4) is 0 Å². The van der Waals surface area contributed by atoms with Gasteiger partial charge in [0.15, 0.2) is 5.76 Å². The number of hydrogen-bond acceptors (Lipinski definition) is 5. The first-order valence-corrected chi connectivity index (χ1v) is 10.2. The summed E-state index contributed by atoms with van der Waals surface area (Å²) >= 11 is 0. The molecule has 2 rings (SSSR count). The summed E-state index contributed by atoms with van der Waals surface area (Å²) < 4.78 is 32.3. The van der Waals surface area contributed by atoms with E-state index in [0.717, 1.165) is 12.8 Å². The summed E-state index contributed by atoms with van der Waals surface area (Å²) in [5, 5.41) is 2.89. The summed E-state index contributed by atoms with van der Waals surface area (Å²) in [6.07, 6.45) is 2.43. The van der Waals surface area contributed by atoms with Crippen molar-refractivity contribution in [2.24, 2.45) is 11.7 Å². The average Bonchev–Trinajstić information content (AvgIpc) is 3.16. The Labute approximate surface area is 162 Å². The van der Waals surface area contributed by atoms with E-state index in [9.17, 15) is 13.2 Å². The second kappa shape index (κ2) is 8.73. The average molecular weight is 408 g/mol. The number of aryl methyl sites for hydroxylation is 1. The van der Waals surface area contributed by atoms with Crippen LogP contribution in [-0.2, 0) is 10.0 Å². The molecule has 150 valence electrons. The van der Waals surface area contributed by atoms with E-state index in [4.69, 9.17) is 10.2 Å². The minimum atomic E-state index is -3.62. The lowest BCUT2D eigenvalue weighted by Crippen LogP contribution is -2.52. The minimum Gasteiger partial charge on any atom is -0.455 e. The van der Waals surface area contributed by atoms with Crippen LogP contribution in [0.1, 0.15) is 56.3 Å². The third kappa shape index (κ3) is 5.00. The second-order valence-corrected chi connectivity index (χ2v) is 9.37. The Kier molecular flexibility index (Phi) is 7.71. The number of sulfonamides is 1. The summed E-state index contributed by atoms with van der Waals surface area (Å²) in [6.45, 7) is 8.85. The highest BCUT2D eigenvalue weighted by Crippen LogP contribution is 2.27. The van der Waals surface area contributed by atoms with E-state index in [2.05, 4.69) is 19.2 Å². The number of hydrogen-bond donors (Lipinski definition) is 2. The van der Waals surface area contributed by atoms with Crippen molar-refractivity contribution >= 4 is 28.3 Å². The first-order chi connectivity index (χ1) is 11.6. The van der Waals surface area contributed by atoms with E-state index in [1.165, 1.54) is 10.4 Å². The van der Waals surface area contributed by atoms with Gasteiger partial charge in [-0.2, -0.15) is 4.31 Å². The van der Waals surface area contributed by atoms with Crippen molar-refractivity contribution in [3.05, 3.63) is 17.6 Å². The zero-order valence-corrected chi connectivity index (χ0v) is 17.5. The number of rotatable bonds is 7. The number of nitrogens with one attached hydrogen (secondary N) is 1. The van der Waals surface area contributed by atoms with E-state index in [1.807, 2.05) is 6.92 Å². The number of halogens is 1. The number of amides is 1. The Bertz CT molecular complexity index is 726. The molecule has 1 unspecified atom stereocenters. The lowest BCUT2D eigenvalue weighted by Gasteiger charge is -2.30. The smallest absolute Gasteiger partial charge is 0.287 e. The quantitative estimate of drug-likeness (QED) is 0.721. The molecule has 1 aromatic rings. The third-order valence-corrected chi connectivity index (χ3v) is 6.51. The molecule has 1 aromatic heterocycles. The molecule has 1 aliphatic heterocycles. The molecule has 0 saturated carbocycles. The molecule has 0 radical (unpaired) electrons. The molecule has 26 heavy (non-hydrogen) atoms. The summed E-state index contributed by atoms with van der Waals surface area (Å²) in [4.78, 5) is 12.6. The molecule has 0 aromatic carbocycles. The van der Waals surface area contributed by atoms with Crippen LogP contribution in [0, 0.1) is 12.8 Å². The molecular weight excluding hydrogens is 378 g/mol. The Hall–Kier alpha value is -1.09. The van der Waals surface area contributed by atoms with E-state index < -0.39 is 21.5 Å². The van der Waals surface area contributed by atoms with Gasteiger partial charge in [0.2, 0.25) is 10.0 Å². The van der Waals surface area contributed by atoms with Crippen molar-refractivity contribution in [2.75, 3.05) is 19.6 Å². The van der Waals surface area contributed by atoms with Gasteiger partial charge in [0, 0.05) is 25.7 Å². The fourth-order valence-electron chi connectivity index (χ4n) is 3.32. The van der Waals surface area contributed by atoms with Crippen LogP contribution in [0.2, 0.25) is 0 Å². The highest BCUT2D eigenvalue weighted by atomic mass is 35.5. The van der Waals surface area contributed by atoms with E-state index in [0.29, 0.717) is 25.4 Å². The topological polar surface area (TPSA) is 106 Å². The Morgan fingerprint density at radius 2 is 1.96 bits per heavy atom. The van der Waals surface area contributed by atoms with Gasteiger partial charge in [0.25, 0.3) is 5.91 Å². The number of nitrogens with zero attached hydrogens (tertiary/aromatic N) is 1. The van der Waals surface area contributed by atoms with Crippen LogP contribution < -0.4 is 11.1 Å². The molecule has 7 nitrogen and oxygen atoms in total. The summed E-state index contributed by atoms with van der Waals surface area (Å²) in [5.41, 5.74) is 5.25. The number of carbonyl (C=O) groups is 1. The largest absolute Gasteiger partial charge is 0.455 e. The molecule has 2 heterocycles. The van der Waals surface area contributed by atoms with Gasteiger partial charge in [-0.05, 0) is 39.0 Å². The van der Waals surface area contributed by atoms with E-state index >= 15 is 0 Å². The van der Waals surface area contributed by atoms with Crippen LogP contribution in [0.15, 0.2) is 15.4 Å². The lowest BCUT2D eigenvalue weighted by atomic mass is 9.90. The van der Waals surface area contributed by atoms with Gasteiger partial charge in [0.05, 0.1) is 5.54 Å². The Morgan fingerprint density at radius 1 is 1.38 bits per heavy atom. The Morgan fingerprint density at radius 3 is 2.46 bits per heavy atom. The normalized spacial score (nSPS) is 17.8. The van der Waals surface area contributed by atoms with Crippen LogP contribution >= 0.6 is 12.4 Å². The molecule has 1 fully saturated rings. The fourth-order valence-corrected chi connectivity index (χ4v) is 5.00. The number of nitrogens with two attached hydrogens (primary N) is 1. The van der Waals surface area contributed by atoms with Crippen LogP contribution in [0.25, 0.3) is 0 Å². The molecular formula is C17H30ClN3O4S. The molecule has 1 atom stereocenters. The van der Waals surface area contributed by atoms with Crippen molar-refractivity contribution in [1.82, 2.24) is 9.62 Å². The van der Waals surface area contributed by atoms with Gasteiger partial charge in [0.1, 0.15) is 10.7 Å². The van der Waals surface area contributed by atoms with Crippen molar-refractivity contribution in [3.63, 3.8) is 0 Å². The van der Waals surface area contributed by atoms with Gasteiger partial charge < -0.3 is 15.5 Å². The maximum absolute atomic E-state index is 12.7. The molecule has 0 aliphatic carbocycles. The van der Waals surface area contributed by atoms with Gasteiger partial charge in [-0.3, -0.25) is 4.79 Å². The zero-order valence-electron chi connectivity index (χ0n) is 15.9. The van der Waals surface area contributed by atoms with Crippen molar-refractivity contribution < 1.29 is 17.6 Å². The molecule has 9 heteroatoms. The van der Waals surface area contributed by atoms with Crippen molar-refractivity contribution in [1.29, 1.82) is 0 Å². The molecule has 1 saturated heterocycles. The van der Waals surface area contributed by atoms with Crippen molar-refractivity contribution in [3.8, 4) is 0 Å². The third-order valence-electron chi connectivity index (χ3n) is 4.50. The monoisotopic (exact) mass is 407 g/mol. The maximum atomic E-state index is 12.7. The first kappa shape index (κ1) is 23.0. The predicted molar refractivity (Wildman–Crippen MR) is 103 cm³/mol. The van der Waals surface area contributed by atoms with E-state index in [-0.39, 0.29) is 35.4 Å². The SMILES string of the molecule is Cc1oc(C(=O)NC(C)(CN)CC(C)C)cc1S(=O)(=O)N1CCCC1.Cl. The minimum absolute atomic E-state index is 0. The summed E-state index contributed by atoms with van der Waals surface area (Å²) in [7, 11) is -3.62. The summed E-state index contributed by atoms with van der Waals surface area (Å²) in [6, 6.07) is 1.32. The lowest BCUT2D eigenvalue weighted by molar-refractivity contribution is 0.0868. The van der Waals surface area contributed by atoms with Gasteiger partial charge in [-0.15, -0.1) is 12.4 Å². The van der Waals surface area contributed by atoms with Gasteiger partial charge in [-0.1, -0.05) is 13.8 Å². The first-order valence-electron chi connectivity index (χ1n) is 8.72. The highest BCUT2D eigenvalue weighted by Gasteiger charge is 2.33. The molecule has 1 amide bonds. The molecule has 1 aliphatic rings. The number of furan rings is 1. The second-order valence-electron chi connectivity index (χ2n) is 7.46. The fraction of sp³-hybridized carbons (Fsp3) is 0.706. The highest BCUT2D eigenvalue weighted by molar-refractivity contribution is 7.89.